The van der Waals surface area contributed by atoms with Crippen molar-refractivity contribution >= 4 is 11.7 Å². The van der Waals surface area contributed by atoms with E-state index in [1.807, 2.05) is 91.1 Å². The highest BCUT2D eigenvalue weighted by molar-refractivity contribution is 5.81. The smallest absolute Gasteiger partial charge is 0.240 e. The van der Waals surface area contributed by atoms with E-state index in [-0.39, 0.29) is 18.5 Å². The van der Waals surface area contributed by atoms with Crippen LogP contribution < -0.4 is 20.1 Å². The van der Waals surface area contributed by atoms with Crippen LogP contribution >= 0.6 is 0 Å². The number of nitrogens with zero attached hydrogens (tertiary/aromatic N) is 2. The third kappa shape index (κ3) is 5.51. The van der Waals surface area contributed by atoms with E-state index in [4.69, 9.17) is 9.47 Å². The molecule has 0 saturated carbocycles. The van der Waals surface area contributed by atoms with Gasteiger partial charge < -0.3 is 20.1 Å². The van der Waals surface area contributed by atoms with Crippen molar-refractivity contribution in [1.29, 1.82) is 0 Å². The van der Waals surface area contributed by atoms with Crippen LogP contribution in [0.25, 0.3) is 5.69 Å². The predicted molar refractivity (Wildman–Crippen MR) is 128 cm³/mol. The minimum atomic E-state index is -0.321. The Labute approximate surface area is 193 Å². The molecule has 0 aliphatic carbocycles. The van der Waals surface area contributed by atoms with Gasteiger partial charge in [0.2, 0.25) is 5.91 Å². The normalized spacial score (nSPS) is 10.6. The topological polar surface area (TPSA) is 77.4 Å². The second-order valence-corrected chi connectivity index (χ2v) is 7.38. The fourth-order valence-electron chi connectivity index (χ4n) is 3.48. The van der Waals surface area contributed by atoms with Crippen molar-refractivity contribution in [2.45, 2.75) is 6.04 Å². The summed E-state index contributed by atoms with van der Waals surface area (Å²) >= 11 is 0. The largest absolute Gasteiger partial charge is 0.497 e. The van der Waals surface area contributed by atoms with Crippen molar-refractivity contribution < 1.29 is 14.3 Å². The molecule has 1 aromatic heterocycles. The van der Waals surface area contributed by atoms with Gasteiger partial charge in [0.1, 0.15) is 17.3 Å². The minimum Gasteiger partial charge on any atom is -0.497 e. The Balaban J connectivity index is 1.46. The second kappa shape index (κ2) is 10.4. The number of ether oxygens (including phenoxy) is 2. The van der Waals surface area contributed by atoms with Gasteiger partial charge in [-0.2, -0.15) is 5.10 Å². The average Bonchev–Trinajstić information content (AvgIpc) is 3.36. The number of methoxy groups -OCH3 is 2. The standard InChI is InChI=1S/C26H26N4O3/c1-32-22-12-8-19(9-13-22)26(20-10-14-23(33-2)15-11-20)28-25(31)18-27-24-16-17-30(29-24)21-6-4-3-5-7-21/h3-17,26H,18H2,1-2H3,(H,27,29)(H,28,31). The van der Waals surface area contributed by atoms with Crippen LogP contribution in [0.4, 0.5) is 5.82 Å². The van der Waals surface area contributed by atoms with Crippen LogP contribution in [0.2, 0.25) is 0 Å². The van der Waals surface area contributed by atoms with Gasteiger partial charge in [-0.3, -0.25) is 4.79 Å². The molecule has 0 radical (unpaired) electrons. The van der Waals surface area contributed by atoms with Crippen LogP contribution in [0.1, 0.15) is 17.2 Å². The van der Waals surface area contributed by atoms with Crippen molar-refractivity contribution in [3.63, 3.8) is 0 Å². The quantitative estimate of drug-likeness (QED) is 0.406. The number of anilines is 1. The van der Waals surface area contributed by atoms with Crippen LogP contribution in [-0.2, 0) is 4.79 Å². The lowest BCUT2D eigenvalue weighted by Gasteiger charge is -2.20. The van der Waals surface area contributed by atoms with Gasteiger partial charge in [-0.15, -0.1) is 0 Å². The van der Waals surface area contributed by atoms with E-state index in [0.29, 0.717) is 5.82 Å². The Morgan fingerprint density at radius 1 is 0.848 bits per heavy atom. The highest BCUT2D eigenvalue weighted by Crippen LogP contribution is 2.26. The first kappa shape index (κ1) is 22.0. The maximum absolute atomic E-state index is 12.8. The van der Waals surface area contributed by atoms with E-state index in [1.165, 1.54) is 0 Å². The Hall–Kier alpha value is -4.26. The van der Waals surface area contributed by atoms with Gasteiger partial charge in [0, 0.05) is 12.3 Å². The third-order valence-electron chi connectivity index (χ3n) is 5.24. The molecule has 0 bridgehead atoms. The Bertz CT molecular complexity index is 1120. The molecule has 0 unspecified atom stereocenters. The fraction of sp³-hybridized carbons (Fsp3) is 0.154. The average molecular weight is 443 g/mol. The zero-order chi connectivity index (χ0) is 23.0. The highest BCUT2D eigenvalue weighted by Gasteiger charge is 2.17. The number of rotatable bonds is 9. The van der Waals surface area contributed by atoms with E-state index in [0.717, 1.165) is 28.3 Å². The SMILES string of the molecule is COc1ccc(C(NC(=O)CNc2ccn(-c3ccccc3)n2)c2ccc(OC)cc2)cc1. The zero-order valence-electron chi connectivity index (χ0n) is 18.6. The monoisotopic (exact) mass is 442 g/mol. The lowest BCUT2D eigenvalue weighted by atomic mass is 9.98. The fourth-order valence-corrected chi connectivity index (χ4v) is 3.48. The number of hydrogen-bond donors (Lipinski definition) is 2. The number of aromatic nitrogens is 2. The lowest BCUT2D eigenvalue weighted by Crippen LogP contribution is -2.34. The zero-order valence-corrected chi connectivity index (χ0v) is 18.6. The van der Waals surface area contributed by atoms with Crippen molar-refractivity contribution in [3.8, 4) is 17.2 Å². The van der Waals surface area contributed by atoms with Gasteiger partial charge in [0.05, 0.1) is 32.5 Å². The molecule has 0 spiro atoms. The molecule has 2 N–H and O–H groups in total. The summed E-state index contributed by atoms with van der Waals surface area (Å²) in [6, 6.07) is 26.6. The Morgan fingerprint density at radius 2 is 1.42 bits per heavy atom. The number of carbonyl (C=O) groups excluding carboxylic acids is 1. The summed E-state index contributed by atoms with van der Waals surface area (Å²) < 4.78 is 12.3. The number of para-hydroxylation sites is 1. The summed E-state index contributed by atoms with van der Waals surface area (Å²) in [5, 5.41) is 10.7. The Morgan fingerprint density at radius 3 is 1.97 bits per heavy atom. The molecule has 0 aliphatic heterocycles. The lowest BCUT2D eigenvalue weighted by molar-refractivity contribution is -0.119. The molecular formula is C26H26N4O3. The summed E-state index contributed by atoms with van der Waals surface area (Å²) in [4.78, 5) is 12.8. The molecule has 7 nitrogen and oxygen atoms in total. The van der Waals surface area contributed by atoms with Crippen LogP contribution in [-0.4, -0.2) is 36.5 Å². The van der Waals surface area contributed by atoms with E-state index < -0.39 is 0 Å². The van der Waals surface area contributed by atoms with E-state index in [1.54, 1.807) is 18.9 Å². The first-order valence-electron chi connectivity index (χ1n) is 10.6. The molecule has 0 atom stereocenters. The number of hydrogen-bond acceptors (Lipinski definition) is 5. The van der Waals surface area contributed by atoms with Gasteiger partial charge in [-0.05, 0) is 47.5 Å². The number of benzene rings is 3. The molecule has 1 amide bonds. The van der Waals surface area contributed by atoms with Gasteiger partial charge in [0.25, 0.3) is 0 Å². The van der Waals surface area contributed by atoms with Crippen LogP contribution in [0.3, 0.4) is 0 Å². The first-order chi connectivity index (χ1) is 16.2. The minimum absolute atomic E-state index is 0.0919. The molecule has 3 aromatic carbocycles. The maximum Gasteiger partial charge on any atom is 0.240 e. The van der Waals surface area contributed by atoms with Crippen LogP contribution in [0.5, 0.6) is 11.5 Å². The van der Waals surface area contributed by atoms with E-state index in [2.05, 4.69) is 15.7 Å². The second-order valence-electron chi connectivity index (χ2n) is 7.38. The molecule has 168 valence electrons. The molecule has 7 heteroatoms. The predicted octanol–water partition coefficient (Wildman–Crippen LogP) is 4.21. The van der Waals surface area contributed by atoms with Crippen LogP contribution in [0.15, 0.2) is 91.1 Å². The summed E-state index contributed by atoms with van der Waals surface area (Å²) in [5.41, 5.74) is 2.85. The van der Waals surface area contributed by atoms with E-state index >= 15 is 0 Å². The Kier molecular flexibility index (Phi) is 6.90. The van der Waals surface area contributed by atoms with Gasteiger partial charge in [-0.1, -0.05) is 42.5 Å². The third-order valence-corrected chi connectivity index (χ3v) is 5.24. The van der Waals surface area contributed by atoms with E-state index in [9.17, 15) is 4.79 Å². The molecule has 0 aliphatic rings. The summed E-state index contributed by atoms with van der Waals surface area (Å²) in [6.07, 6.45) is 1.85. The van der Waals surface area contributed by atoms with Gasteiger partial charge >= 0.3 is 0 Å². The van der Waals surface area contributed by atoms with Crippen molar-refractivity contribution in [2.24, 2.45) is 0 Å². The van der Waals surface area contributed by atoms with Crippen molar-refractivity contribution in [1.82, 2.24) is 15.1 Å². The van der Waals surface area contributed by atoms with Crippen molar-refractivity contribution in [2.75, 3.05) is 26.1 Å². The van der Waals surface area contributed by atoms with Crippen LogP contribution in [0, 0.1) is 0 Å². The molecule has 0 fully saturated rings. The molecule has 0 saturated heterocycles. The number of amides is 1. The first-order valence-corrected chi connectivity index (χ1v) is 10.6. The number of carbonyl (C=O) groups is 1. The molecule has 4 rings (SSSR count). The summed E-state index contributed by atoms with van der Waals surface area (Å²) in [6.45, 7) is 0.0919. The van der Waals surface area contributed by atoms with Gasteiger partial charge in [0.15, 0.2) is 0 Å². The molecular weight excluding hydrogens is 416 g/mol. The molecule has 33 heavy (non-hydrogen) atoms. The summed E-state index contributed by atoms with van der Waals surface area (Å²) in [5.74, 6) is 1.99. The number of nitrogens with one attached hydrogen (secondary N) is 2. The van der Waals surface area contributed by atoms with Gasteiger partial charge in [-0.25, -0.2) is 4.68 Å². The molecule has 4 aromatic rings. The molecule has 1 heterocycles. The summed E-state index contributed by atoms with van der Waals surface area (Å²) in [7, 11) is 3.25. The highest BCUT2D eigenvalue weighted by atomic mass is 16.5. The maximum atomic E-state index is 12.8. The van der Waals surface area contributed by atoms with Crippen molar-refractivity contribution in [3.05, 3.63) is 102 Å².